The smallest absolute Gasteiger partial charge is 0.0601 e. The first-order chi connectivity index (χ1) is 9.06. The van der Waals surface area contributed by atoms with Gasteiger partial charge in [0.05, 0.1) is 6.61 Å². The fraction of sp³-hybridized carbons (Fsp3) is 1.00. The summed E-state index contributed by atoms with van der Waals surface area (Å²) in [5.41, 5.74) is 6.95. The lowest BCUT2D eigenvalue weighted by Crippen LogP contribution is -2.54. The van der Waals surface area contributed by atoms with Gasteiger partial charge in [0, 0.05) is 12.1 Å². The van der Waals surface area contributed by atoms with Crippen LogP contribution in [-0.4, -0.2) is 41.8 Å². The third kappa shape index (κ3) is 3.71. The van der Waals surface area contributed by atoms with Crippen LogP contribution in [0.4, 0.5) is 0 Å². The number of aliphatic hydroxyl groups excluding tert-OH is 1. The van der Waals surface area contributed by atoms with Crippen molar-refractivity contribution >= 4 is 0 Å². The summed E-state index contributed by atoms with van der Waals surface area (Å²) >= 11 is 0. The number of aliphatic hydroxyl groups is 1. The third-order valence-corrected chi connectivity index (χ3v) is 5.42. The van der Waals surface area contributed by atoms with Crippen LogP contribution in [0.5, 0.6) is 0 Å². The Kier molecular flexibility index (Phi) is 5.27. The highest BCUT2D eigenvalue weighted by Gasteiger charge is 2.39. The van der Waals surface area contributed by atoms with Crippen molar-refractivity contribution in [3.05, 3.63) is 0 Å². The van der Waals surface area contributed by atoms with Gasteiger partial charge in [-0.3, -0.25) is 4.90 Å². The quantitative estimate of drug-likeness (QED) is 0.805. The van der Waals surface area contributed by atoms with Crippen LogP contribution in [0.25, 0.3) is 0 Å². The zero-order valence-electron chi connectivity index (χ0n) is 12.8. The minimum atomic E-state index is 0.114. The molecule has 1 aliphatic heterocycles. The molecule has 1 heterocycles. The van der Waals surface area contributed by atoms with E-state index in [0.717, 1.165) is 19.5 Å². The summed E-state index contributed by atoms with van der Waals surface area (Å²) in [5, 5.41) is 9.70. The SMILES string of the molecule is CC(C)CC(N)C(CO)N1CCC2(CCCC2)CC1. The maximum Gasteiger partial charge on any atom is 0.0601 e. The van der Waals surface area contributed by atoms with Crippen LogP contribution in [0.2, 0.25) is 0 Å². The summed E-state index contributed by atoms with van der Waals surface area (Å²) in [6, 6.07) is 0.281. The van der Waals surface area contributed by atoms with Gasteiger partial charge in [0.2, 0.25) is 0 Å². The first-order valence-corrected chi connectivity index (χ1v) is 8.17. The number of likely N-dealkylation sites (tertiary alicyclic amines) is 1. The number of rotatable bonds is 5. The summed E-state index contributed by atoms with van der Waals surface area (Å²) < 4.78 is 0. The normalized spacial score (nSPS) is 27.0. The Morgan fingerprint density at radius 1 is 1.11 bits per heavy atom. The number of hydrogen-bond donors (Lipinski definition) is 2. The van der Waals surface area contributed by atoms with Crippen LogP contribution in [0, 0.1) is 11.3 Å². The molecule has 3 heteroatoms. The Balaban J connectivity index is 1.87. The Labute approximate surface area is 118 Å². The van der Waals surface area contributed by atoms with Crippen LogP contribution in [0.1, 0.15) is 58.8 Å². The van der Waals surface area contributed by atoms with Gasteiger partial charge in [-0.05, 0) is 56.5 Å². The molecule has 0 radical (unpaired) electrons. The minimum Gasteiger partial charge on any atom is -0.395 e. The van der Waals surface area contributed by atoms with E-state index in [0.29, 0.717) is 11.3 Å². The van der Waals surface area contributed by atoms with Crippen LogP contribution in [0.15, 0.2) is 0 Å². The van der Waals surface area contributed by atoms with E-state index >= 15 is 0 Å². The van der Waals surface area contributed by atoms with E-state index in [1.807, 2.05) is 0 Å². The second kappa shape index (κ2) is 6.55. The van der Waals surface area contributed by atoms with Crippen molar-refractivity contribution in [1.29, 1.82) is 0 Å². The van der Waals surface area contributed by atoms with Crippen molar-refractivity contribution in [1.82, 2.24) is 4.90 Å². The van der Waals surface area contributed by atoms with Gasteiger partial charge in [0.15, 0.2) is 0 Å². The summed E-state index contributed by atoms with van der Waals surface area (Å²) in [6.45, 7) is 6.89. The molecule has 0 aromatic carbocycles. The van der Waals surface area contributed by atoms with E-state index in [4.69, 9.17) is 5.73 Å². The lowest BCUT2D eigenvalue weighted by atomic mass is 9.76. The molecule has 2 rings (SSSR count). The molecule has 2 aliphatic rings. The molecule has 0 aromatic rings. The Morgan fingerprint density at radius 3 is 2.16 bits per heavy atom. The summed E-state index contributed by atoms with van der Waals surface area (Å²) in [6.07, 6.45) is 9.36. The number of nitrogens with two attached hydrogens (primary N) is 1. The van der Waals surface area contributed by atoms with Gasteiger partial charge in [0.25, 0.3) is 0 Å². The second-order valence-electron chi connectivity index (χ2n) is 7.29. The first kappa shape index (κ1) is 15.3. The summed E-state index contributed by atoms with van der Waals surface area (Å²) in [4.78, 5) is 2.45. The van der Waals surface area contributed by atoms with E-state index < -0.39 is 0 Å². The van der Waals surface area contributed by atoms with Crippen molar-refractivity contribution in [2.24, 2.45) is 17.1 Å². The molecule has 2 unspecified atom stereocenters. The lowest BCUT2D eigenvalue weighted by Gasteiger charge is -2.44. The molecule has 0 bridgehead atoms. The van der Waals surface area contributed by atoms with Crippen molar-refractivity contribution < 1.29 is 5.11 Å². The Bertz CT molecular complexity index is 264. The van der Waals surface area contributed by atoms with Gasteiger partial charge in [0.1, 0.15) is 0 Å². The van der Waals surface area contributed by atoms with Gasteiger partial charge < -0.3 is 10.8 Å². The monoisotopic (exact) mass is 268 g/mol. The van der Waals surface area contributed by atoms with Gasteiger partial charge in [-0.2, -0.15) is 0 Å². The molecule has 19 heavy (non-hydrogen) atoms. The highest BCUT2D eigenvalue weighted by Crippen LogP contribution is 2.46. The van der Waals surface area contributed by atoms with Crippen molar-refractivity contribution in [2.75, 3.05) is 19.7 Å². The average Bonchev–Trinajstić information content (AvgIpc) is 2.80. The minimum absolute atomic E-state index is 0.114. The zero-order chi connectivity index (χ0) is 13.9. The summed E-state index contributed by atoms with van der Waals surface area (Å²) in [7, 11) is 0. The molecule has 2 fully saturated rings. The highest BCUT2D eigenvalue weighted by molar-refractivity contribution is 4.93. The largest absolute Gasteiger partial charge is 0.395 e. The van der Waals surface area contributed by atoms with Crippen molar-refractivity contribution in [2.45, 2.75) is 70.9 Å². The maximum atomic E-state index is 9.70. The molecule has 0 aromatic heterocycles. The molecule has 2 atom stereocenters. The van der Waals surface area contributed by atoms with Crippen molar-refractivity contribution in [3.63, 3.8) is 0 Å². The molecule has 0 amide bonds. The number of hydrogen-bond acceptors (Lipinski definition) is 3. The van der Waals surface area contributed by atoms with E-state index in [1.54, 1.807) is 0 Å². The van der Waals surface area contributed by atoms with Gasteiger partial charge in [-0.1, -0.05) is 26.7 Å². The number of nitrogens with zero attached hydrogens (tertiary/aromatic N) is 1. The molecule has 1 saturated heterocycles. The van der Waals surface area contributed by atoms with E-state index in [1.165, 1.54) is 38.5 Å². The molecule has 1 spiro atoms. The van der Waals surface area contributed by atoms with Gasteiger partial charge in [-0.15, -0.1) is 0 Å². The average molecular weight is 268 g/mol. The third-order valence-electron chi connectivity index (χ3n) is 5.42. The topological polar surface area (TPSA) is 49.5 Å². The predicted octanol–water partition coefficient (Wildman–Crippen LogP) is 2.38. The fourth-order valence-corrected chi connectivity index (χ4v) is 4.18. The fourth-order valence-electron chi connectivity index (χ4n) is 4.18. The first-order valence-electron chi connectivity index (χ1n) is 8.17. The summed E-state index contributed by atoms with van der Waals surface area (Å²) in [5.74, 6) is 0.606. The van der Waals surface area contributed by atoms with Crippen LogP contribution < -0.4 is 5.73 Å². The van der Waals surface area contributed by atoms with E-state index in [9.17, 15) is 5.11 Å². The molecule has 112 valence electrons. The predicted molar refractivity (Wildman–Crippen MR) is 80.0 cm³/mol. The van der Waals surface area contributed by atoms with E-state index in [-0.39, 0.29) is 18.7 Å². The standard InChI is InChI=1S/C16H32N2O/c1-13(2)11-14(17)15(12-19)18-9-7-16(8-10-18)5-3-4-6-16/h13-15,19H,3-12,17H2,1-2H3. The molecule has 3 N–H and O–H groups in total. The van der Waals surface area contributed by atoms with Crippen molar-refractivity contribution in [3.8, 4) is 0 Å². The molecule has 1 aliphatic carbocycles. The van der Waals surface area contributed by atoms with Gasteiger partial charge >= 0.3 is 0 Å². The van der Waals surface area contributed by atoms with Crippen LogP contribution in [0.3, 0.4) is 0 Å². The second-order valence-corrected chi connectivity index (χ2v) is 7.29. The lowest BCUT2D eigenvalue weighted by molar-refractivity contribution is 0.0368. The molecular weight excluding hydrogens is 236 g/mol. The van der Waals surface area contributed by atoms with E-state index in [2.05, 4.69) is 18.7 Å². The van der Waals surface area contributed by atoms with Crippen LogP contribution >= 0.6 is 0 Å². The molecule has 1 saturated carbocycles. The Hall–Kier alpha value is -0.120. The number of piperidine rings is 1. The Morgan fingerprint density at radius 2 is 1.68 bits per heavy atom. The zero-order valence-corrected chi connectivity index (χ0v) is 12.8. The molecule has 3 nitrogen and oxygen atoms in total. The maximum absolute atomic E-state index is 9.70. The highest BCUT2D eigenvalue weighted by atomic mass is 16.3. The van der Waals surface area contributed by atoms with Crippen LogP contribution in [-0.2, 0) is 0 Å². The van der Waals surface area contributed by atoms with Gasteiger partial charge in [-0.25, -0.2) is 0 Å². The molecular formula is C16H32N2O.